The number of carbonyl (C=O) groups is 1. The van der Waals surface area contributed by atoms with Gasteiger partial charge in [-0.1, -0.05) is 6.07 Å². The fourth-order valence-corrected chi connectivity index (χ4v) is 5.98. The molecule has 0 atom stereocenters. The molecule has 1 N–H and O–H groups in total. The number of carbonyl (C=O) groups excluding carboxylic acids is 1. The lowest BCUT2D eigenvalue weighted by Crippen LogP contribution is -2.46. The third-order valence-electron chi connectivity index (χ3n) is 4.73. The topological polar surface area (TPSA) is 113 Å². The Labute approximate surface area is 189 Å². The molecule has 1 aromatic carbocycles. The Hall–Kier alpha value is -2.66. The predicted molar refractivity (Wildman–Crippen MR) is 123 cm³/mol. The molecule has 0 saturated heterocycles. The molecule has 0 aliphatic rings. The van der Waals surface area contributed by atoms with E-state index in [4.69, 9.17) is 13.3 Å². The Kier molecular flexibility index (Phi) is 10.4. The van der Waals surface area contributed by atoms with Crippen molar-refractivity contribution in [3.63, 3.8) is 0 Å². The van der Waals surface area contributed by atoms with E-state index in [-0.39, 0.29) is 11.6 Å². The number of rotatable bonds is 14. The van der Waals surface area contributed by atoms with Crippen LogP contribution in [0.4, 0.5) is 5.69 Å². The predicted octanol–water partition coefficient (Wildman–Crippen LogP) is 3.75. The summed E-state index contributed by atoms with van der Waals surface area (Å²) in [6.45, 7) is 7.54. The van der Waals surface area contributed by atoms with E-state index in [2.05, 4.69) is 10.3 Å². The quantitative estimate of drug-likeness (QED) is 0.197. The molecular weight excluding hydrogens is 430 g/mol. The van der Waals surface area contributed by atoms with E-state index in [1.54, 1.807) is 18.5 Å². The molecule has 1 amide bonds. The third kappa shape index (κ3) is 7.48. The Morgan fingerprint density at radius 3 is 2.25 bits per heavy atom. The minimum absolute atomic E-state index is 0.121. The van der Waals surface area contributed by atoms with Crippen LogP contribution in [-0.2, 0) is 19.7 Å². The highest BCUT2D eigenvalue weighted by Gasteiger charge is 2.39. The van der Waals surface area contributed by atoms with Crippen molar-refractivity contribution in [2.75, 3.05) is 26.4 Å². The summed E-state index contributed by atoms with van der Waals surface area (Å²) in [4.78, 5) is 27.6. The van der Waals surface area contributed by atoms with Gasteiger partial charge in [0.1, 0.15) is 0 Å². The van der Waals surface area contributed by atoms with Gasteiger partial charge in [-0.25, -0.2) is 0 Å². The lowest BCUT2D eigenvalue weighted by Gasteiger charge is -2.28. The van der Waals surface area contributed by atoms with Crippen LogP contribution in [0.1, 0.15) is 48.7 Å². The maximum atomic E-state index is 12.9. The summed E-state index contributed by atoms with van der Waals surface area (Å²) in [5, 5.41) is 14.1. The number of hydrogen-bond acceptors (Lipinski definition) is 7. The highest BCUT2D eigenvalue weighted by molar-refractivity contribution is 6.60. The highest BCUT2D eigenvalue weighted by atomic mass is 28.4. The molecule has 0 aliphatic heterocycles. The third-order valence-corrected chi connectivity index (χ3v) is 7.88. The molecule has 0 fully saturated rings. The molecule has 2 rings (SSSR count). The molecule has 32 heavy (non-hydrogen) atoms. The number of amides is 1. The smallest absolute Gasteiger partial charge is 0.374 e. The monoisotopic (exact) mass is 461 g/mol. The van der Waals surface area contributed by atoms with Crippen LogP contribution in [0.5, 0.6) is 0 Å². The normalized spacial score (nSPS) is 11.3. The first-order valence-electron chi connectivity index (χ1n) is 10.8. The van der Waals surface area contributed by atoms with Crippen LogP contribution in [0.15, 0.2) is 42.7 Å². The van der Waals surface area contributed by atoms with Crippen LogP contribution in [0.2, 0.25) is 6.04 Å². The van der Waals surface area contributed by atoms with Crippen molar-refractivity contribution in [2.24, 2.45) is 0 Å². The van der Waals surface area contributed by atoms with Crippen molar-refractivity contribution >= 4 is 20.4 Å². The maximum Gasteiger partial charge on any atom is 0.500 e. The number of nitrogens with zero attached hydrogens (tertiary/aromatic N) is 2. The van der Waals surface area contributed by atoms with Gasteiger partial charge in [0, 0.05) is 62.5 Å². The van der Waals surface area contributed by atoms with Crippen molar-refractivity contribution in [1.29, 1.82) is 0 Å². The van der Waals surface area contributed by atoms with Gasteiger partial charge in [-0.05, 0) is 56.9 Å². The van der Waals surface area contributed by atoms with Crippen LogP contribution in [0.25, 0.3) is 0 Å². The van der Waals surface area contributed by atoms with Crippen LogP contribution < -0.4 is 5.32 Å². The molecule has 2 aromatic rings. The molecular formula is C22H31N3O6Si. The molecule has 0 spiro atoms. The summed E-state index contributed by atoms with van der Waals surface area (Å²) in [5.41, 5.74) is 1.84. The first-order chi connectivity index (χ1) is 15.4. The van der Waals surface area contributed by atoms with Crippen LogP contribution in [0, 0.1) is 10.1 Å². The second-order valence-electron chi connectivity index (χ2n) is 6.97. The Balaban J connectivity index is 2.09. The summed E-state index contributed by atoms with van der Waals surface area (Å²) in [6, 6.07) is 8.64. The first-order valence-corrected chi connectivity index (χ1v) is 12.7. The van der Waals surface area contributed by atoms with E-state index in [0.29, 0.717) is 56.4 Å². The van der Waals surface area contributed by atoms with Gasteiger partial charge in [0.2, 0.25) is 0 Å². The summed E-state index contributed by atoms with van der Waals surface area (Å²) >= 11 is 0. The van der Waals surface area contributed by atoms with Gasteiger partial charge in [-0.15, -0.1) is 0 Å². The number of hydrogen-bond donors (Lipinski definition) is 1. The second kappa shape index (κ2) is 13.0. The van der Waals surface area contributed by atoms with Gasteiger partial charge in [0.15, 0.2) is 0 Å². The number of pyridine rings is 1. The van der Waals surface area contributed by atoms with Gasteiger partial charge in [0.05, 0.1) is 4.92 Å². The summed E-state index contributed by atoms with van der Waals surface area (Å²) in [5.74, 6) is -0.353. The van der Waals surface area contributed by atoms with Gasteiger partial charge in [-0.3, -0.25) is 19.9 Å². The van der Waals surface area contributed by atoms with Crippen molar-refractivity contribution in [3.8, 4) is 0 Å². The van der Waals surface area contributed by atoms with E-state index < -0.39 is 13.7 Å². The molecule has 1 aromatic heterocycles. The standard InChI is InChI=1S/C22H31N3O6Si/c1-4-29-32(30-5-2,31-6-3)15-7-12-24-22(26)21-17-20(25(27)28)9-8-19(21)16-18-10-13-23-14-11-18/h8-11,13-14,17H,4-7,12,15-16H2,1-3H3,(H,24,26). The van der Waals surface area contributed by atoms with E-state index in [0.717, 1.165) is 5.56 Å². The lowest BCUT2D eigenvalue weighted by molar-refractivity contribution is -0.384. The zero-order valence-corrected chi connectivity index (χ0v) is 19.8. The zero-order chi connectivity index (χ0) is 23.4. The number of nitro groups is 1. The number of nitrogens with one attached hydrogen (secondary N) is 1. The molecule has 1 heterocycles. The fraction of sp³-hybridized carbons (Fsp3) is 0.455. The van der Waals surface area contributed by atoms with Crippen LogP contribution in [-0.4, -0.2) is 51.0 Å². The molecule has 0 bridgehead atoms. The van der Waals surface area contributed by atoms with Crippen molar-refractivity contribution < 1.29 is 23.0 Å². The number of aromatic nitrogens is 1. The molecule has 0 unspecified atom stereocenters. The SMILES string of the molecule is CCO[Si](CCCNC(=O)c1cc([N+](=O)[O-])ccc1Cc1ccncc1)(OCC)OCC. The number of benzene rings is 1. The largest absolute Gasteiger partial charge is 0.500 e. The summed E-state index contributed by atoms with van der Waals surface area (Å²) in [6.07, 6.45) is 4.42. The van der Waals surface area contributed by atoms with Crippen LogP contribution in [0.3, 0.4) is 0 Å². The van der Waals surface area contributed by atoms with Crippen molar-refractivity contribution in [1.82, 2.24) is 10.3 Å². The number of nitro benzene ring substituents is 1. The van der Waals surface area contributed by atoms with E-state index in [1.807, 2.05) is 32.9 Å². The summed E-state index contributed by atoms with van der Waals surface area (Å²) < 4.78 is 17.5. The second-order valence-corrected chi connectivity index (χ2v) is 9.70. The summed E-state index contributed by atoms with van der Waals surface area (Å²) in [7, 11) is -2.78. The van der Waals surface area contributed by atoms with Crippen molar-refractivity contribution in [3.05, 3.63) is 69.5 Å². The van der Waals surface area contributed by atoms with Crippen LogP contribution >= 0.6 is 0 Å². The minimum Gasteiger partial charge on any atom is -0.374 e. The molecule has 10 heteroatoms. The Bertz CT molecular complexity index is 864. The van der Waals surface area contributed by atoms with E-state index in [1.165, 1.54) is 12.1 Å². The van der Waals surface area contributed by atoms with Crippen molar-refractivity contribution in [2.45, 2.75) is 39.7 Å². The lowest BCUT2D eigenvalue weighted by atomic mass is 9.99. The van der Waals surface area contributed by atoms with Gasteiger partial charge in [-0.2, -0.15) is 0 Å². The number of non-ortho nitro benzene ring substituents is 1. The highest BCUT2D eigenvalue weighted by Crippen LogP contribution is 2.21. The molecule has 0 radical (unpaired) electrons. The van der Waals surface area contributed by atoms with E-state index >= 15 is 0 Å². The Morgan fingerprint density at radius 1 is 1.06 bits per heavy atom. The van der Waals surface area contributed by atoms with Gasteiger partial charge >= 0.3 is 8.80 Å². The van der Waals surface area contributed by atoms with Gasteiger partial charge in [0.25, 0.3) is 11.6 Å². The fourth-order valence-electron chi connectivity index (χ4n) is 3.37. The average molecular weight is 462 g/mol. The Morgan fingerprint density at radius 2 is 1.69 bits per heavy atom. The molecule has 9 nitrogen and oxygen atoms in total. The molecule has 0 aliphatic carbocycles. The molecule has 174 valence electrons. The zero-order valence-electron chi connectivity index (χ0n) is 18.8. The minimum atomic E-state index is -2.78. The maximum absolute atomic E-state index is 12.9. The first kappa shape index (κ1) is 25.6. The van der Waals surface area contributed by atoms with Gasteiger partial charge < -0.3 is 18.6 Å². The van der Waals surface area contributed by atoms with E-state index in [9.17, 15) is 14.9 Å². The molecule has 0 saturated carbocycles. The average Bonchev–Trinajstić information content (AvgIpc) is 2.78.